The molecule has 2 fully saturated rings. The van der Waals surface area contributed by atoms with Crippen LogP contribution in [0.15, 0.2) is 24.3 Å². The summed E-state index contributed by atoms with van der Waals surface area (Å²) in [7, 11) is -0.401. The second-order valence-corrected chi connectivity index (χ2v) is 10.7. The maximum Gasteiger partial charge on any atom is 0.494 e. The summed E-state index contributed by atoms with van der Waals surface area (Å²) in [6.07, 6.45) is 0.756. The number of rotatable bonds is 5. The molecule has 1 amide bonds. The highest BCUT2D eigenvalue weighted by atomic mass is 16.7. The normalized spacial score (nSPS) is 27.2. The second-order valence-electron chi connectivity index (χ2n) is 10.7. The van der Waals surface area contributed by atoms with Crippen LogP contribution in [0.25, 0.3) is 0 Å². The van der Waals surface area contributed by atoms with E-state index < -0.39 is 18.3 Å². The predicted molar refractivity (Wildman–Crippen MR) is 118 cm³/mol. The molecule has 2 saturated heterocycles. The molecular formula is C23H36BNO5. The first-order valence-corrected chi connectivity index (χ1v) is 10.8. The Hall–Kier alpha value is -1.57. The first-order valence-electron chi connectivity index (χ1n) is 10.8. The molecule has 1 aromatic carbocycles. The molecule has 0 aromatic heterocycles. The van der Waals surface area contributed by atoms with Gasteiger partial charge < -0.3 is 24.1 Å². The molecule has 30 heavy (non-hydrogen) atoms. The quantitative estimate of drug-likeness (QED) is 0.738. The van der Waals surface area contributed by atoms with Crippen LogP contribution in [0.5, 0.6) is 0 Å². The van der Waals surface area contributed by atoms with E-state index in [0.29, 0.717) is 19.4 Å². The Morgan fingerprint density at radius 1 is 1.10 bits per heavy atom. The van der Waals surface area contributed by atoms with Crippen LogP contribution >= 0.6 is 0 Å². The van der Waals surface area contributed by atoms with Gasteiger partial charge in [-0.25, -0.2) is 4.79 Å². The lowest BCUT2D eigenvalue weighted by Crippen LogP contribution is -2.51. The van der Waals surface area contributed by atoms with Gasteiger partial charge in [0, 0.05) is 19.4 Å². The second kappa shape index (κ2) is 7.54. The van der Waals surface area contributed by atoms with Crippen LogP contribution < -0.4 is 5.46 Å². The number of hydrogen-bond acceptors (Lipinski definition) is 5. The van der Waals surface area contributed by atoms with Crippen molar-refractivity contribution >= 4 is 18.7 Å². The molecule has 0 spiro atoms. The Morgan fingerprint density at radius 3 is 2.10 bits per heavy atom. The lowest BCUT2D eigenvalue weighted by molar-refractivity contribution is -0.0859. The average molecular weight is 417 g/mol. The maximum atomic E-state index is 12.7. The van der Waals surface area contributed by atoms with Crippen LogP contribution in [-0.2, 0) is 14.0 Å². The van der Waals surface area contributed by atoms with Crippen LogP contribution in [0.1, 0.15) is 79.8 Å². The molecule has 0 radical (unpaired) electrons. The van der Waals surface area contributed by atoms with Crippen LogP contribution in [0.4, 0.5) is 4.79 Å². The zero-order chi connectivity index (χ0) is 22.5. The molecule has 6 nitrogen and oxygen atoms in total. The lowest BCUT2D eigenvalue weighted by atomic mass is 9.78. The van der Waals surface area contributed by atoms with Crippen LogP contribution in [-0.4, -0.2) is 52.2 Å². The Kier molecular flexibility index (Phi) is 5.80. The molecule has 0 unspecified atom stereocenters. The summed E-state index contributed by atoms with van der Waals surface area (Å²) in [5.41, 5.74) is -0.298. The maximum absolute atomic E-state index is 12.7. The Labute approximate surface area is 181 Å². The number of amides is 1. The third-order valence-electron chi connectivity index (χ3n) is 6.67. The number of hydrogen-bond donors (Lipinski definition) is 1. The zero-order valence-corrected chi connectivity index (χ0v) is 19.6. The van der Waals surface area contributed by atoms with Gasteiger partial charge in [0.1, 0.15) is 5.60 Å². The van der Waals surface area contributed by atoms with Gasteiger partial charge in [0.2, 0.25) is 0 Å². The van der Waals surface area contributed by atoms with Crippen LogP contribution in [0, 0.1) is 0 Å². The lowest BCUT2D eigenvalue weighted by Gasteiger charge is -2.43. The standard InChI is InChI=1S/C23H36BNO5/c1-16(25-14-13-23(8,28-19(25)26)15-20(2,3)27)17-9-11-18(12-10-17)24-29-21(4,5)22(6,7)30-24/h9-12,16,27H,13-15H2,1-8H3/t16-,23-/m0/s1. The van der Waals surface area contributed by atoms with Crippen LogP contribution in [0.2, 0.25) is 0 Å². The van der Waals surface area contributed by atoms with Gasteiger partial charge >= 0.3 is 13.2 Å². The van der Waals surface area contributed by atoms with E-state index >= 15 is 0 Å². The van der Waals surface area contributed by atoms with Gasteiger partial charge in [-0.2, -0.15) is 0 Å². The molecule has 1 aromatic rings. The molecule has 3 rings (SSSR count). The van der Waals surface area contributed by atoms with E-state index in [0.717, 1.165) is 11.0 Å². The first-order chi connectivity index (χ1) is 13.6. The number of aliphatic hydroxyl groups is 1. The molecule has 2 atom stereocenters. The molecule has 0 bridgehead atoms. The number of carbonyl (C=O) groups is 1. The summed E-state index contributed by atoms with van der Waals surface area (Å²) in [4.78, 5) is 14.5. The van der Waals surface area contributed by atoms with Gasteiger partial charge in [-0.05, 0) is 66.4 Å². The van der Waals surface area contributed by atoms with E-state index in [1.165, 1.54) is 0 Å². The first kappa shape index (κ1) is 23.1. The summed E-state index contributed by atoms with van der Waals surface area (Å²) >= 11 is 0. The fourth-order valence-electron chi connectivity index (χ4n) is 4.25. The van der Waals surface area contributed by atoms with Gasteiger partial charge in [0.25, 0.3) is 0 Å². The van der Waals surface area contributed by atoms with Crippen molar-refractivity contribution in [1.82, 2.24) is 4.90 Å². The van der Waals surface area contributed by atoms with Crippen molar-refractivity contribution in [3.63, 3.8) is 0 Å². The monoisotopic (exact) mass is 417 g/mol. The number of carbonyl (C=O) groups excluding carboxylic acids is 1. The number of cyclic esters (lactones) is 1. The Morgan fingerprint density at radius 2 is 1.63 bits per heavy atom. The largest absolute Gasteiger partial charge is 0.494 e. The van der Waals surface area contributed by atoms with Crippen molar-refractivity contribution in [2.45, 2.75) is 96.7 Å². The molecule has 2 aliphatic heterocycles. The minimum absolute atomic E-state index is 0.114. The minimum atomic E-state index is -0.883. The molecule has 0 saturated carbocycles. The van der Waals surface area contributed by atoms with Crippen molar-refractivity contribution in [2.75, 3.05) is 6.54 Å². The van der Waals surface area contributed by atoms with Crippen molar-refractivity contribution in [1.29, 1.82) is 0 Å². The third kappa shape index (κ3) is 4.68. The SMILES string of the molecule is C[C@@H](c1ccc(B2OC(C)(C)C(C)(C)O2)cc1)N1CC[C@@](C)(CC(C)(C)O)OC1=O. The highest BCUT2D eigenvalue weighted by Gasteiger charge is 2.51. The van der Waals surface area contributed by atoms with Crippen molar-refractivity contribution < 1.29 is 23.9 Å². The van der Waals surface area contributed by atoms with E-state index in [4.69, 9.17) is 14.0 Å². The Balaban J connectivity index is 1.67. The predicted octanol–water partition coefficient (Wildman–Crippen LogP) is 3.81. The number of benzene rings is 1. The molecule has 2 aliphatic rings. The fourth-order valence-corrected chi connectivity index (χ4v) is 4.25. The minimum Gasteiger partial charge on any atom is -0.443 e. The van der Waals surface area contributed by atoms with Crippen molar-refractivity contribution in [2.24, 2.45) is 0 Å². The number of nitrogens with zero attached hydrogens (tertiary/aromatic N) is 1. The van der Waals surface area contributed by atoms with E-state index in [9.17, 15) is 9.90 Å². The Bertz CT molecular complexity index is 770. The summed E-state index contributed by atoms with van der Waals surface area (Å²) in [5.74, 6) is 0. The molecule has 166 valence electrons. The molecule has 0 aliphatic carbocycles. The summed E-state index contributed by atoms with van der Waals surface area (Å²) < 4.78 is 18.0. The smallest absolute Gasteiger partial charge is 0.443 e. The molecular weight excluding hydrogens is 381 g/mol. The van der Waals surface area contributed by atoms with Gasteiger partial charge in [-0.15, -0.1) is 0 Å². The molecule has 1 N–H and O–H groups in total. The van der Waals surface area contributed by atoms with E-state index in [-0.39, 0.29) is 23.3 Å². The van der Waals surface area contributed by atoms with Crippen molar-refractivity contribution in [3.8, 4) is 0 Å². The van der Waals surface area contributed by atoms with E-state index in [1.54, 1.807) is 18.7 Å². The zero-order valence-electron chi connectivity index (χ0n) is 19.6. The van der Waals surface area contributed by atoms with E-state index in [1.807, 2.05) is 65.8 Å². The van der Waals surface area contributed by atoms with Gasteiger partial charge in [0.05, 0.1) is 22.8 Å². The molecule has 2 heterocycles. The highest BCUT2D eigenvalue weighted by Crippen LogP contribution is 2.37. The van der Waals surface area contributed by atoms with Gasteiger partial charge in [0.15, 0.2) is 0 Å². The van der Waals surface area contributed by atoms with Crippen molar-refractivity contribution in [3.05, 3.63) is 29.8 Å². The summed E-state index contributed by atoms with van der Waals surface area (Å²) in [5, 5.41) is 10.1. The third-order valence-corrected chi connectivity index (χ3v) is 6.67. The van der Waals surface area contributed by atoms with E-state index in [2.05, 4.69) is 0 Å². The summed E-state index contributed by atoms with van der Waals surface area (Å²) in [6.45, 7) is 16.1. The van der Waals surface area contributed by atoms with Crippen LogP contribution in [0.3, 0.4) is 0 Å². The fraction of sp³-hybridized carbons (Fsp3) is 0.696. The number of ether oxygens (including phenoxy) is 1. The topological polar surface area (TPSA) is 68.2 Å². The summed E-state index contributed by atoms with van der Waals surface area (Å²) in [6, 6.07) is 7.92. The average Bonchev–Trinajstić information content (AvgIpc) is 2.80. The van der Waals surface area contributed by atoms with Gasteiger partial charge in [-0.1, -0.05) is 24.3 Å². The van der Waals surface area contributed by atoms with Gasteiger partial charge in [-0.3, -0.25) is 0 Å². The highest BCUT2D eigenvalue weighted by molar-refractivity contribution is 6.62. The molecule has 7 heteroatoms.